The lowest BCUT2D eigenvalue weighted by molar-refractivity contribution is 0.139. The van der Waals surface area contributed by atoms with Gasteiger partial charge in [-0.2, -0.15) is 0 Å². The molecule has 36 heavy (non-hydrogen) atoms. The van der Waals surface area contributed by atoms with Crippen LogP contribution >= 0.6 is 0 Å². The largest absolute Gasteiger partial charge is 0.355 e. The number of piperazine rings is 1. The first-order valence-corrected chi connectivity index (χ1v) is 13.4. The Hall–Kier alpha value is -2.91. The second kappa shape index (κ2) is 11.0. The number of allylic oxidation sites excluding steroid dienone is 2. The van der Waals surface area contributed by atoms with Crippen molar-refractivity contribution in [2.75, 3.05) is 59.9 Å². The molecule has 0 radical (unpaired) electrons. The molecule has 2 N–H and O–H groups in total. The number of hydrogen-bond acceptors (Lipinski definition) is 7. The van der Waals surface area contributed by atoms with Crippen molar-refractivity contribution in [1.82, 2.24) is 35.2 Å². The van der Waals surface area contributed by atoms with Gasteiger partial charge in [0.1, 0.15) is 11.7 Å². The highest BCUT2D eigenvalue weighted by atomic mass is 16.2. The van der Waals surface area contributed by atoms with Gasteiger partial charge in [0.15, 0.2) is 0 Å². The lowest BCUT2D eigenvalue weighted by Gasteiger charge is -2.42. The maximum Gasteiger partial charge on any atom is 0.314 e. The first-order chi connectivity index (χ1) is 17.5. The molecular weight excluding hydrogens is 452 g/mol. The molecule has 0 saturated carbocycles. The number of amides is 2. The number of aliphatic imine (C=N–C) groups is 1. The Morgan fingerprint density at radius 1 is 1.22 bits per heavy atom. The fourth-order valence-electron chi connectivity index (χ4n) is 5.91. The van der Waals surface area contributed by atoms with Gasteiger partial charge < -0.3 is 25.3 Å². The molecule has 1 saturated heterocycles. The Morgan fingerprint density at radius 2 is 2.06 bits per heavy atom. The fraction of sp³-hybridized carbons (Fsp3) is 0.593. The molecule has 1 aromatic heterocycles. The van der Waals surface area contributed by atoms with Gasteiger partial charge in [-0.05, 0) is 64.1 Å². The van der Waals surface area contributed by atoms with Crippen LogP contribution in [0.15, 0.2) is 47.4 Å². The van der Waals surface area contributed by atoms with E-state index >= 15 is 0 Å². The van der Waals surface area contributed by atoms with E-state index in [1.807, 2.05) is 19.2 Å². The molecule has 3 atom stereocenters. The van der Waals surface area contributed by atoms with Gasteiger partial charge in [0.05, 0.1) is 23.8 Å². The number of pyridine rings is 1. The van der Waals surface area contributed by atoms with E-state index in [4.69, 9.17) is 9.98 Å². The Labute approximate surface area is 214 Å². The standard InChI is InChI=1S/C27H40N8O/c1-4-28-27(36)30-18-23-21(19-33(3)22-10-5-8-20-9-7-13-29-26(20)22)31-24-11-6-12-25(35(23)24)34-16-14-32(2)15-17-34/h6-7,9,11-13,21-23H,4-5,8,10,14-19H2,1-3H3,(H2,28,30,36)/t21?,22-,23?/m0/s1. The third kappa shape index (κ3) is 5.13. The van der Waals surface area contributed by atoms with Crippen molar-refractivity contribution < 1.29 is 4.79 Å². The van der Waals surface area contributed by atoms with Gasteiger partial charge >= 0.3 is 6.03 Å². The number of carbonyl (C=O) groups excluding carboxylic acids is 1. The molecule has 194 valence electrons. The molecule has 9 nitrogen and oxygen atoms in total. The number of amidine groups is 1. The van der Waals surface area contributed by atoms with Crippen LogP contribution in [0.25, 0.3) is 0 Å². The average Bonchev–Trinajstić information content (AvgIpc) is 3.24. The zero-order valence-corrected chi connectivity index (χ0v) is 21.9. The van der Waals surface area contributed by atoms with Crippen LogP contribution in [0.2, 0.25) is 0 Å². The number of nitrogens with one attached hydrogen (secondary N) is 2. The highest BCUT2D eigenvalue weighted by molar-refractivity contribution is 5.97. The van der Waals surface area contributed by atoms with Crippen molar-refractivity contribution >= 4 is 11.9 Å². The zero-order chi connectivity index (χ0) is 25.1. The normalized spacial score (nSPS) is 25.8. The Bertz CT molecular complexity index is 1030. The summed E-state index contributed by atoms with van der Waals surface area (Å²) in [5.41, 5.74) is 2.58. The van der Waals surface area contributed by atoms with Gasteiger partial charge in [-0.3, -0.25) is 14.9 Å². The van der Waals surface area contributed by atoms with E-state index in [-0.39, 0.29) is 18.1 Å². The summed E-state index contributed by atoms with van der Waals surface area (Å²) in [4.78, 5) is 32.0. The van der Waals surface area contributed by atoms with Crippen LogP contribution < -0.4 is 10.6 Å². The summed E-state index contributed by atoms with van der Waals surface area (Å²) in [6.07, 6.45) is 11.7. The molecule has 4 aliphatic rings. The molecule has 0 aromatic carbocycles. The Balaban J connectivity index is 1.36. The number of carbonyl (C=O) groups is 1. The molecule has 9 heteroatoms. The average molecular weight is 493 g/mol. The third-order valence-corrected chi connectivity index (χ3v) is 7.87. The third-order valence-electron chi connectivity index (χ3n) is 7.87. The number of fused-ring (bicyclic) bond motifs is 2. The first-order valence-electron chi connectivity index (χ1n) is 13.4. The predicted molar refractivity (Wildman–Crippen MR) is 143 cm³/mol. The molecule has 3 aliphatic heterocycles. The van der Waals surface area contributed by atoms with Crippen LogP contribution in [0, 0.1) is 0 Å². The van der Waals surface area contributed by atoms with Gasteiger partial charge in [-0.15, -0.1) is 0 Å². The van der Waals surface area contributed by atoms with Gasteiger partial charge in [-0.1, -0.05) is 12.1 Å². The topological polar surface area (TPSA) is 79.3 Å². The van der Waals surface area contributed by atoms with Crippen molar-refractivity contribution in [2.24, 2.45) is 4.99 Å². The summed E-state index contributed by atoms with van der Waals surface area (Å²) in [6, 6.07) is 4.53. The van der Waals surface area contributed by atoms with Crippen molar-refractivity contribution in [2.45, 2.75) is 44.3 Å². The number of hydrogen-bond donors (Lipinski definition) is 2. The Morgan fingerprint density at radius 3 is 2.86 bits per heavy atom. The van der Waals surface area contributed by atoms with E-state index in [0.29, 0.717) is 19.1 Å². The quantitative estimate of drug-likeness (QED) is 0.605. The minimum atomic E-state index is -0.124. The minimum absolute atomic E-state index is 0.0413. The number of likely N-dealkylation sites (N-methyl/N-ethyl adjacent to an activating group) is 2. The van der Waals surface area contributed by atoms with Crippen molar-refractivity contribution in [3.05, 3.63) is 53.6 Å². The van der Waals surface area contributed by atoms with Crippen LogP contribution in [0.3, 0.4) is 0 Å². The van der Waals surface area contributed by atoms with Crippen molar-refractivity contribution in [3.63, 3.8) is 0 Å². The van der Waals surface area contributed by atoms with Gasteiger partial charge in [0, 0.05) is 52.0 Å². The van der Waals surface area contributed by atoms with Gasteiger partial charge in [-0.25, -0.2) is 4.79 Å². The molecule has 4 heterocycles. The highest BCUT2D eigenvalue weighted by Crippen LogP contribution is 2.34. The van der Waals surface area contributed by atoms with Gasteiger partial charge in [0.2, 0.25) is 0 Å². The molecule has 2 unspecified atom stereocenters. The molecule has 2 amide bonds. The van der Waals surface area contributed by atoms with Crippen molar-refractivity contribution in [1.29, 1.82) is 0 Å². The van der Waals surface area contributed by atoms with Crippen LogP contribution in [-0.2, 0) is 6.42 Å². The molecule has 1 aromatic rings. The van der Waals surface area contributed by atoms with Crippen LogP contribution in [0.1, 0.15) is 37.1 Å². The monoisotopic (exact) mass is 492 g/mol. The van der Waals surface area contributed by atoms with E-state index in [1.54, 1.807) is 0 Å². The lowest BCUT2D eigenvalue weighted by atomic mass is 9.90. The summed E-state index contributed by atoms with van der Waals surface area (Å²) in [5, 5.41) is 5.98. The van der Waals surface area contributed by atoms with Crippen LogP contribution in [-0.4, -0.2) is 108 Å². The second-order valence-electron chi connectivity index (χ2n) is 10.3. The molecule has 5 rings (SSSR count). The number of urea groups is 1. The number of nitrogens with zero attached hydrogens (tertiary/aromatic N) is 6. The van der Waals surface area contributed by atoms with E-state index < -0.39 is 0 Å². The smallest absolute Gasteiger partial charge is 0.314 e. The molecular formula is C27H40N8O. The number of rotatable bonds is 7. The fourth-order valence-corrected chi connectivity index (χ4v) is 5.91. The summed E-state index contributed by atoms with van der Waals surface area (Å²) in [6.45, 7) is 7.97. The SMILES string of the molecule is CCNC(=O)NCC1C(CN(C)[C@H]2CCCc3cccnc32)N=C2C=CC=C(N3CCN(C)CC3)N21. The summed E-state index contributed by atoms with van der Waals surface area (Å²) in [7, 11) is 4.38. The van der Waals surface area contributed by atoms with E-state index in [2.05, 4.69) is 68.6 Å². The van der Waals surface area contributed by atoms with Crippen molar-refractivity contribution in [3.8, 4) is 0 Å². The minimum Gasteiger partial charge on any atom is -0.355 e. The summed E-state index contributed by atoms with van der Waals surface area (Å²) in [5.74, 6) is 2.19. The second-order valence-corrected chi connectivity index (χ2v) is 10.3. The molecule has 1 fully saturated rings. The van der Waals surface area contributed by atoms with E-state index in [0.717, 1.165) is 51.4 Å². The molecule has 0 bridgehead atoms. The summed E-state index contributed by atoms with van der Waals surface area (Å²) < 4.78 is 0. The highest BCUT2D eigenvalue weighted by Gasteiger charge is 2.41. The Kier molecular flexibility index (Phi) is 7.57. The van der Waals surface area contributed by atoms with Gasteiger partial charge in [0.25, 0.3) is 0 Å². The number of aryl methyl sites for hydroxylation is 1. The molecule has 1 aliphatic carbocycles. The first kappa shape index (κ1) is 24.8. The van der Waals surface area contributed by atoms with E-state index in [9.17, 15) is 4.79 Å². The predicted octanol–water partition coefficient (Wildman–Crippen LogP) is 1.82. The number of aromatic nitrogens is 1. The molecule has 0 spiro atoms. The zero-order valence-electron chi connectivity index (χ0n) is 21.9. The maximum absolute atomic E-state index is 12.4. The summed E-state index contributed by atoms with van der Waals surface area (Å²) >= 11 is 0. The maximum atomic E-state index is 12.4. The van der Waals surface area contributed by atoms with Crippen LogP contribution in [0.5, 0.6) is 0 Å². The van der Waals surface area contributed by atoms with Crippen LogP contribution in [0.4, 0.5) is 4.79 Å². The van der Waals surface area contributed by atoms with E-state index in [1.165, 1.54) is 23.5 Å². The lowest BCUT2D eigenvalue weighted by Crippen LogP contribution is -2.55.